The summed E-state index contributed by atoms with van der Waals surface area (Å²) in [4.78, 5) is 22.6. The molecule has 2 rings (SSSR count). The molecule has 86 valence electrons. The molecule has 0 saturated heterocycles. The SMILES string of the molecule is COc1ccccc1-c1cocc(C=O)c1=O. The maximum Gasteiger partial charge on any atom is 0.203 e. The first-order chi connectivity index (χ1) is 8.27. The van der Waals surface area contributed by atoms with Gasteiger partial charge in [-0.2, -0.15) is 0 Å². The first kappa shape index (κ1) is 11.1. The van der Waals surface area contributed by atoms with E-state index in [2.05, 4.69) is 0 Å². The van der Waals surface area contributed by atoms with Crippen molar-refractivity contribution in [3.05, 3.63) is 52.6 Å². The van der Waals surface area contributed by atoms with Gasteiger partial charge < -0.3 is 9.15 Å². The van der Waals surface area contributed by atoms with Gasteiger partial charge in [0.25, 0.3) is 0 Å². The summed E-state index contributed by atoms with van der Waals surface area (Å²) in [5, 5.41) is 0. The highest BCUT2D eigenvalue weighted by molar-refractivity contribution is 5.78. The molecule has 2 aromatic rings. The molecular formula is C13H10O4. The molecule has 0 aliphatic carbocycles. The lowest BCUT2D eigenvalue weighted by Gasteiger charge is -2.06. The van der Waals surface area contributed by atoms with Gasteiger partial charge in [-0.25, -0.2) is 0 Å². The van der Waals surface area contributed by atoms with Crippen LogP contribution < -0.4 is 10.2 Å². The van der Waals surface area contributed by atoms with E-state index in [4.69, 9.17) is 9.15 Å². The molecule has 1 aromatic carbocycles. The van der Waals surface area contributed by atoms with E-state index in [0.717, 1.165) is 6.26 Å². The number of hydrogen-bond donors (Lipinski definition) is 0. The average Bonchev–Trinajstić information content (AvgIpc) is 2.39. The third-order valence-corrected chi connectivity index (χ3v) is 2.41. The highest BCUT2D eigenvalue weighted by atomic mass is 16.5. The Morgan fingerprint density at radius 2 is 1.94 bits per heavy atom. The molecule has 0 aliphatic rings. The molecule has 0 N–H and O–H groups in total. The number of hydrogen-bond acceptors (Lipinski definition) is 4. The Morgan fingerprint density at radius 3 is 2.65 bits per heavy atom. The summed E-state index contributed by atoms with van der Waals surface area (Å²) in [6.07, 6.45) is 2.92. The quantitative estimate of drug-likeness (QED) is 0.758. The van der Waals surface area contributed by atoms with E-state index in [9.17, 15) is 9.59 Å². The van der Waals surface area contributed by atoms with Gasteiger partial charge in [-0.05, 0) is 6.07 Å². The standard InChI is InChI=1S/C13H10O4/c1-16-12-5-3-2-4-10(12)11-8-17-7-9(6-14)13(11)15/h2-8H,1H3. The number of carbonyl (C=O) groups is 1. The van der Waals surface area contributed by atoms with Crippen LogP contribution in [-0.2, 0) is 0 Å². The number of rotatable bonds is 3. The second-order valence-corrected chi connectivity index (χ2v) is 3.39. The molecule has 17 heavy (non-hydrogen) atoms. The van der Waals surface area contributed by atoms with Gasteiger partial charge in [0.2, 0.25) is 5.43 Å². The zero-order chi connectivity index (χ0) is 12.3. The molecular weight excluding hydrogens is 220 g/mol. The normalized spacial score (nSPS) is 9.94. The summed E-state index contributed by atoms with van der Waals surface area (Å²) in [5.74, 6) is 0.558. The van der Waals surface area contributed by atoms with Gasteiger partial charge in [-0.1, -0.05) is 18.2 Å². The van der Waals surface area contributed by atoms with Crippen molar-refractivity contribution in [1.82, 2.24) is 0 Å². The molecule has 4 heteroatoms. The Labute approximate surface area is 97.5 Å². The van der Waals surface area contributed by atoms with Crippen molar-refractivity contribution < 1.29 is 13.9 Å². The van der Waals surface area contributed by atoms with E-state index in [1.54, 1.807) is 24.3 Å². The Kier molecular flexibility index (Phi) is 3.05. The van der Waals surface area contributed by atoms with Crippen LogP contribution in [0.2, 0.25) is 0 Å². The Bertz CT molecular complexity index is 598. The van der Waals surface area contributed by atoms with Gasteiger partial charge in [-0.15, -0.1) is 0 Å². The largest absolute Gasteiger partial charge is 0.496 e. The van der Waals surface area contributed by atoms with Crippen molar-refractivity contribution in [1.29, 1.82) is 0 Å². The minimum atomic E-state index is -0.365. The maximum absolute atomic E-state index is 11.9. The second-order valence-electron chi connectivity index (χ2n) is 3.39. The maximum atomic E-state index is 11.9. The third kappa shape index (κ3) is 1.97. The fourth-order valence-electron chi connectivity index (χ4n) is 1.57. The van der Waals surface area contributed by atoms with E-state index < -0.39 is 0 Å². The topological polar surface area (TPSA) is 56.5 Å². The molecule has 0 fully saturated rings. The van der Waals surface area contributed by atoms with Gasteiger partial charge in [-0.3, -0.25) is 9.59 Å². The van der Waals surface area contributed by atoms with E-state index in [1.807, 2.05) is 0 Å². The third-order valence-electron chi connectivity index (χ3n) is 2.41. The number of benzene rings is 1. The Morgan fingerprint density at radius 1 is 1.18 bits per heavy atom. The van der Waals surface area contributed by atoms with Crippen molar-refractivity contribution >= 4 is 6.29 Å². The highest BCUT2D eigenvalue weighted by Gasteiger charge is 2.11. The number of methoxy groups -OCH3 is 1. The first-order valence-electron chi connectivity index (χ1n) is 4.97. The van der Waals surface area contributed by atoms with Crippen molar-refractivity contribution in [2.75, 3.05) is 7.11 Å². The van der Waals surface area contributed by atoms with Gasteiger partial charge in [0.1, 0.15) is 18.3 Å². The van der Waals surface area contributed by atoms with Gasteiger partial charge in [0.15, 0.2) is 6.29 Å². The van der Waals surface area contributed by atoms with Gasteiger partial charge in [0.05, 0.1) is 18.2 Å². The molecule has 0 atom stereocenters. The van der Waals surface area contributed by atoms with E-state index in [0.29, 0.717) is 23.2 Å². The summed E-state index contributed by atoms with van der Waals surface area (Å²) in [5.41, 5.74) is 0.545. The highest BCUT2D eigenvalue weighted by Crippen LogP contribution is 2.27. The van der Waals surface area contributed by atoms with Crippen LogP contribution in [0.4, 0.5) is 0 Å². The smallest absolute Gasteiger partial charge is 0.203 e. The van der Waals surface area contributed by atoms with Crippen molar-refractivity contribution in [2.24, 2.45) is 0 Å². The van der Waals surface area contributed by atoms with Crippen molar-refractivity contribution in [3.63, 3.8) is 0 Å². The van der Waals surface area contributed by atoms with Crippen LogP contribution in [0, 0.1) is 0 Å². The number of carbonyl (C=O) groups excluding carboxylic acids is 1. The molecule has 1 heterocycles. The molecule has 0 spiro atoms. The lowest BCUT2D eigenvalue weighted by molar-refractivity contribution is 0.112. The summed E-state index contributed by atoms with van der Waals surface area (Å²) < 4.78 is 10.1. The molecule has 4 nitrogen and oxygen atoms in total. The molecule has 0 bridgehead atoms. The predicted molar refractivity (Wildman–Crippen MR) is 62.4 cm³/mol. The molecule has 0 amide bonds. The Balaban J connectivity index is 2.69. The van der Waals surface area contributed by atoms with Gasteiger partial charge >= 0.3 is 0 Å². The molecule has 0 saturated carbocycles. The van der Waals surface area contributed by atoms with Crippen LogP contribution in [-0.4, -0.2) is 13.4 Å². The minimum absolute atomic E-state index is 0.00611. The fraction of sp³-hybridized carbons (Fsp3) is 0.0769. The zero-order valence-corrected chi connectivity index (χ0v) is 9.17. The minimum Gasteiger partial charge on any atom is -0.496 e. The number of ether oxygens (including phenoxy) is 1. The van der Waals surface area contributed by atoms with Crippen molar-refractivity contribution in [3.8, 4) is 16.9 Å². The summed E-state index contributed by atoms with van der Waals surface area (Å²) in [6.45, 7) is 0. The monoisotopic (exact) mass is 230 g/mol. The summed E-state index contributed by atoms with van der Waals surface area (Å²) in [7, 11) is 1.52. The number of para-hydroxylation sites is 1. The van der Waals surface area contributed by atoms with Gasteiger partial charge in [0, 0.05) is 5.56 Å². The lowest BCUT2D eigenvalue weighted by Crippen LogP contribution is -2.10. The van der Waals surface area contributed by atoms with Crippen molar-refractivity contribution in [2.45, 2.75) is 0 Å². The van der Waals surface area contributed by atoms with Crippen LogP contribution in [0.25, 0.3) is 11.1 Å². The summed E-state index contributed by atoms with van der Waals surface area (Å²) in [6, 6.07) is 7.06. The molecule has 0 radical (unpaired) electrons. The van der Waals surface area contributed by atoms with E-state index in [1.165, 1.54) is 13.4 Å². The number of aldehydes is 1. The lowest BCUT2D eigenvalue weighted by atomic mass is 10.1. The molecule has 0 unspecified atom stereocenters. The summed E-state index contributed by atoms with van der Waals surface area (Å²) >= 11 is 0. The van der Waals surface area contributed by atoms with E-state index in [-0.39, 0.29) is 11.0 Å². The van der Waals surface area contributed by atoms with Crippen LogP contribution in [0.3, 0.4) is 0 Å². The molecule has 0 aliphatic heterocycles. The fourth-order valence-corrected chi connectivity index (χ4v) is 1.57. The Hall–Kier alpha value is -2.36. The predicted octanol–water partition coefficient (Wildman–Crippen LogP) is 2.13. The van der Waals surface area contributed by atoms with Crippen LogP contribution >= 0.6 is 0 Å². The van der Waals surface area contributed by atoms with Crippen LogP contribution in [0.1, 0.15) is 10.4 Å². The first-order valence-corrected chi connectivity index (χ1v) is 4.97. The van der Waals surface area contributed by atoms with Crippen LogP contribution in [0.15, 0.2) is 46.0 Å². The zero-order valence-electron chi connectivity index (χ0n) is 9.17. The molecule has 1 aromatic heterocycles. The second kappa shape index (κ2) is 4.65. The average molecular weight is 230 g/mol. The van der Waals surface area contributed by atoms with Crippen LogP contribution in [0.5, 0.6) is 5.75 Å². The van der Waals surface area contributed by atoms with E-state index >= 15 is 0 Å².